The molecule has 11 nitrogen and oxygen atoms in total. The Morgan fingerprint density at radius 3 is 2.33 bits per heavy atom. The van der Waals surface area contributed by atoms with Gasteiger partial charge in [0.15, 0.2) is 0 Å². The number of likely N-dealkylation sites (N-methyl/N-ethyl adjacent to an activating group) is 1. The number of azo groups is 2. The van der Waals surface area contributed by atoms with Crippen LogP contribution in [0.15, 0.2) is 87.7 Å². The minimum Gasteiger partial charge on any atom is -0.461 e. The molecule has 0 amide bonds. The predicted molar refractivity (Wildman–Crippen MR) is 164 cm³/mol. The van der Waals surface area contributed by atoms with Gasteiger partial charge in [-0.05, 0) is 67.9 Å². The number of benzene rings is 2. The molecule has 0 aliphatic carbocycles. The lowest BCUT2D eigenvalue weighted by Gasteiger charge is -2.22. The highest BCUT2D eigenvalue weighted by molar-refractivity contribution is 7.30. The number of hydrogen-bond acceptors (Lipinski definition) is 13. The molecule has 2 aromatic carbocycles. The number of anilines is 1. The van der Waals surface area contributed by atoms with E-state index in [9.17, 15) is 9.59 Å². The van der Waals surface area contributed by atoms with Crippen molar-refractivity contribution >= 4 is 71.3 Å². The van der Waals surface area contributed by atoms with Crippen molar-refractivity contribution in [2.24, 2.45) is 20.5 Å². The second kappa shape index (κ2) is 15.5. The summed E-state index contributed by atoms with van der Waals surface area (Å²) in [4.78, 5) is 30.1. The molecule has 0 bridgehead atoms. The van der Waals surface area contributed by atoms with Crippen LogP contribution in [0.2, 0.25) is 0 Å². The van der Waals surface area contributed by atoms with Crippen molar-refractivity contribution in [2.45, 2.75) is 26.7 Å². The molecule has 0 aliphatic heterocycles. The zero-order chi connectivity index (χ0) is 29.7. The minimum atomic E-state index is -0.428. The average molecular weight is 607 g/mol. The van der Waals surface area contributed by atoms with Gasteiger partial charge < -0.3 is 19.1 Å². The lowest BCUT2D eigenvalue weighted by molar-refractivity contribution is -0.150. The molecule has 13 heteroatoms. The summed E-state index contributed by atoms with van der Waals surface area (Å²) in [5, 5.41) is 18.5. The first-order chi connectivity index (χ1) is 20.5. The number of fused-ring (bicyclic) bond motifs is 1. The molecule has 4 aromatic rings. The second-order valence-electron chi connectivity index (χ2n) is 8.64. The standard InChI is InChI=1S/C29H30N6O5S2/c1-4-7-27(37)40-19-39-23-14-10-21(11-15-23)31-33-25-18-24-28(42-25)30-29(41-24)34-32-20-8-12-22(13-9-20)35(6-3)16-17-38-26(36)5-2/h5,8-15,18H,2,4,6-7,16-17,19H2,1,3H3. The van der Waals surface area contributed by atoms with E-state index in [1.54, 1.807) is 24.3 Å². The van der Waals surface area contributed by atoms with Crippen molar-refractivity contribution in [3.05, 3.63) is 67.3 Å². The predicted octanol–water partition coefficient (Wildman–Crippen LogP) is 8.42. The van der Waals surface area contributed by atoms with Gasteiger partial charge in [0.25, 0.3) is 0 Å². The van der Waals surface area contributed by atoms with Gasteiger partial charge in [-0.3, -0.25) is 4.79 Å². The molecule has 4 rings (SSSR count). The molecule has 2 heterocycles. The largest absolute Gasteiger partial charge is 0.461 e. The van der Waals surface area contributed by atoms with Crippen LogP contribution in [0.4, 0.5) is 27.2 Å². The zero-order valence-corrected chi connectivity index (χ0v) is 24.9. The first-order valence-electron chi connectivity index (χ1n) is 13.2. The van der Waals surface area contributed by atoms with Gasteiger partial charge in [0.1, 0.15) is 22.2 Å². The topological polar surface area (TPSA) is 127 Å². The summed E-state index contributed by atoms with van der Waals surface area (Å²) in [5.74, 6) is -0.136. The van der Waals surface area contributed by atoms with Gasteiger partial charge in [0.2, 0.25) is 11.9 Å². The Labute approximate surface area is 251 Å². The van der Waals surface area contributed by atoms with Gasteiger partial charge in [0.05, 0.1) is 22.6 Å². The van der Waals surface area contributed by atoms with Crippen LogP contribution < -0.4 is 9.64 Å². The Morgan fingerprint density at radius 2 is 1.67 bits per heavy atom. The third-order valence-corrected chi connectivity index (χ3v) is 7.61. The fraction of sp³-hybridized carbons (Fsp3) is 0.276. The highest BCUT2D eigenvalue weighted by atomic mass is 32.1. The number of nitrogens with zero attached hydrogens (tertiary/aromatic N) is 6. The van der Waals surface area contributed by atoms with Gasteiger partial charge in [-0.25, -0.2) is 9.78 Å². The van der Waals surface area contributed by atoms with Crippen LogP contribution in [-0.4, -0.2) is 43.4 Å². The zero-order valence-electron chi connectivity index (χ0n) is 23.3. The van der Waals surface area contributed by atoms with Gasteiger partial charge in [0, 0.05) is 24.7 Å². The number of thiophene rings is 1. The molecule has 42 heavy (non-hydrogen) atoms. The van der Waals surface area contributed by atoms with Gasteiger partial charge >= 0.3 is 11.9 Å². The molecule has 0 radical (unpaired) electrons. The van der Waals surface area contributed by atoms with Crippen LogP contribution in [-0.2, 0) is 19.1 Å². The maximum absolute atomic E-state index is 11.4. The highest BCUT2D eigenvalue weighted by Crippen LogP contribution is 2.39. The number of ether oxygens (including phenoxy) is 3. The number of aromatic nitrogens is 1. The lowest BCUT2D eigenvalue weighted by atomic mass is 10.2. The van der Waals surface area contributed by atoms with Gasteiger partial charge in [-0.2, -0.15) is 0 Å². The number of esters is 2. The van der Waals surface area contributed by atoms with E-state index in [2.05, 4.69) is 36.9 Å². The van der Waals surface area contributed by atoms with E-state index in [0.717, 1.165) is 39.3 Å². The molecule has 0 saturated carbocycles. The molecule has 0 aliphatic rings. The van der Waals surface area contributed by atoms with E-state index < -0.39 is 5.97 Å². The molecule has 0 spiro atoms. The normalized spacial score (nSPS) is 11.3. The Balaban J connectivity index is 1.29. The molecule has 218 valence electrons. The molecular formula is C29H30N6O5S2. The van der Waals surface area contributed by atoms with Gasteiger partial charge in [-0.15, -0.1) is 20.5 Å². The summed E-state index contributed by atoms with van der Waals surface area (Å²) in [7, 11) is 0. The van der Waals surface area contributed by atoms with Crippen molar-refractivity contribution in [3.63, 3.8) is 0 Å². The van der Waals surface area contributed by atoms with Crippen molar-refractivity contribution < 1.29 is 23.8 Å². The Hall–Kier alpha value is -4.49. The lowest BCUT2D eigenvalue weighted by Crippen LogP contribution is -2.27. The third-order valence-electron chi connectivity index (χ3n) is 5.69. The van der Waals surface area contributed by atoms with Gasteiger partial charge in [-0.1, -0.05) is 36.2 Å². The Morgan fingerprint density at radius 1 is 0.952 bits per heavy atom. The SMILES string of the molecule is C=CC(=O)OCCN(CC)c1ccc(N=Nc2nc3sc(N=Nc4ccc(OCOC(=O)CCC)cc4)cc3s2)cc1. The maximum atomic E-state index is 11.4. The molecular weight excluding hydrogens is 576 g/mol. The second-order valence-corrected chi connectivity index (χ2v) is 10.7. The average Bonchev–Trinajstić information content (AvgIpc) is 3.57. The van der Waals surface area contributed by atoms with Crippen LogP contribution in [0, 0.1) is 0 Å². The summed E-state index contributed by atoms with van der Waals surface area (Å²) in [6, 6.07) is 16.6. The summed E-state index contributed by atoms with van der Waals surface area (Å²) in [5.41, 5.74) is 2.36. The summed E-state index contributed by atoms with van der Waals surface area (Å²) >= 11 is 2.85. The van der Waals surface area contributed by atoms with Crippen LogP contribution >= 0.6 is 22.7 Å². The fourth-order valence-electron chi connectivity index (χ4n) is 3.58. The summed E-state index contributed by atoms with van der Waals surface area (Å²) < 4.78 is 16.4. The number of carbonyl (C=O) groups is 2. The molecule has 2 aromatic heterocycles. The first kappa shape index (κ1) is 30.5. The van der Waals surface area contributed by atoms with E-state index in [0.29, 0.717) is 35.2 Å². The van der Waals surface area contributed by atoms with Crippen molar-refractivity contribution in [2.75, 3.05) is 31.4 Å². The van der Waals surface area contributed by atoms with Crippen LogP contribution in [0.25, 0.3) is 9.53 Å². The van der Waals surface area contributed by atoms with E-state index in [-0.39, 0.29) is 19.4 Å². The Kier molecular flexibility index (Phi) is 11.2. The number of hydrogen-bond donors (Lipinski definition) is 0. The van der Waals surface area contributed by atoms with Crippen LogP contribution in [0.3, 0.4) is 0 Å². The number of thiazole rings is 1. The van der Waals surface area contributed by atoms with Crippen molar-refractivity contribution in [1.82, 2.24) is 4.98 Å². The number of rotatable bonds is 15. The van der Waals surface area contributed by atoms with E-state index >= 15 is 0 Å². The molecule has 0 saturated heterocycles. The van der Waals surface area contributed by atoms with Crippen LogP contribution in [0.5, 0.6) is 5.75 Å². The molecule has 0 unspecified atom stereocenters. The van der Waals surface area contributed by atoms with E-state index in [1.807, 2.05) is 44.2 Å². The fourth-order valence-corrected chi connectivity index (χ4v) is 5.42. The molecule has 0 atom stereocenters. The summed E-state index contributed by atoms with van der Waals surface area (Å²) in [6.45, 7) is 8.86. The number of carbonyl (C=O) groups excluding carboxylic acids is 2. The first-order valence-corrected chi connectivity index (χ1v) is 14.9. The Bertz CT molecular complexity index is 1520. The maximum Gasteiger partial charge on any atom is 0.330 e. The van der Waals surface area contributed by atoms with E-state index in [4.69, 9.17) is 14.2 Å². The van der Waals surface area contributed by atoms with Crippen molar-refractivity contribution in [1.29, 1.82) is 0 Å². The molecule has 0 fully saturated rings. The van der Waals surface area contributed by atoms with Crippen LogP contribution in [0.1, 0.15) is 26.7 Å². The third kappa shape index (κ3) is 9.01. The minimum absolute atomic E-state index is 0.123. The van der Waals surface area contributed by atoms with Crippen molar-refractivity contribution in [3.8, 4) is 5.75 Å². The molecule has 0 N–H and O–H groups in total. The quantitative estimate of drug-likeness (QED) is 0.0575. The monoisotopic (exact) mass is 606 g/mol. The smallest absolute Gasteiger partial charge is 0.330 e. The summed E-state index contributed by atoms with van der Waals surface area (Å²) in [6.07, 6.45) is 2.26. The van der Waals surface area contributed by atoms with E-state index in [1.165, 1.54) is 22.7 Å². The highest BCUT2D eigenvalue weighted by Gasteiger charge is 2.09.